The number of methoxy groups -OCH3 is 2. The summed E-state index contributed by atoms with van der Waals surface area (Å²) < 4.78 is 51.0. The summed E-state index contributed by atoms with van der Waals surface area (Å²) in [5.74, 6) is 0.287. The van der Waals surface area contributed by atoms with E-state index in [0.29, 0.717) is 33.5 Å². The van der Waals surface area contributed by atoms with Crippen LogP contribution < -0.4 is 10.1 Å². The van der Waals surface area contributed by atoms with Gasteiger partial charge >= 0.3 is 6.18 Å². The van der Waals surface area contributed by atoms with E-state index in [1.54, 1.807) is 18.2 Å². The molecule has 0 saturated heterocycles. The molecule has 0 saturated carbocycles. The number of nitrogens with one attached hydrogen (secondary N) is 1. The molecule has 0 amide bonds. The van der Waals surface area contributed by atoms with Gasteiger partial charge in [0.05, 0.1) is 24.3 Å². The Labute approximate surface area is 227 Å². The third-order valence-corrected chi connectivity index (χ3v) is 7.27. The summed E-state index contributed by atoms with van der Waals surface area (Å²) >= 11 is 9.44. The summed E-state index contributed by atoms with van der Waals surface area (Å²) in [6.07, 6.45) is -14.0. The zero-order valence-corrected chi connectivity index (χ0v) is 22.2. The molecule has 0 aliphatic rings. The SMILES string of the molecule is COc1cc2c(Nc3ccc(Br)c(Cl)c3)ncnc2cc1C(O)[C@@H](O)[C@H](O)[C@@H](O)[C@](CO)(OC)C(F)(F)F. The minimum absolute atomic E-state index is 0.0339. The van der Waals surface area contributed by atoms with Crippen LogP contribution in [0.15, 0.2) is 41.1 Å². The molecular formula is C23H24BrClF3N3O7. The van der Waals surface area contributed by atoms with Gasteiger partial charge in [-0.25, -0.2) is 9.97 Å². The molecular weight excluding hydrogens is 603 g/mol. The average molecular weight is 627 g/mol. The highest BCUT2D eigenvalue weighted by Gasteiger charge is 2.62. The molecule has 0 aliphatic carbocycles. The smallest absolute Gasteiger partial charge is 0.422 e. The highest BCUT2D eigenvalue weighted by Crippen LogP contribution is 2.40. The van der Waals surface area contributed by atoms with Crippen molar-refractivity contribution in [3.8, 4) is 5.75 Å². The number of aromatic nitrogens is 2. The van der Waals surface area contributed by atoms with Crippen LogP contribution in [0.25, 0.3) is 10.9 Å². The Morgan fingerprint density at radius 3 is 2.29 bits per heavy atom. The number of rotatable bonds is 10. The van der Waals surface area contributed by atoms with E-state index in [-0.39, 0.29) is 16.8 Å². The first-order valence-electron chi connectivity index (χ1n) is 10.8. The summed E-state index contributed by atoms with van der Waals surface area (Å²) in [6.45, 7) is -1.76. The zero-order chi connectivity index (χ0) is 28.4. The quantitative estimate of drug-likeness (QED) is 0.198. The van der Waals surface area contributed by atoms with Gasteiger partial charge in [0.2, 0.25) is 5.60 Å². The van der Waals surface area contributed by atoms with Crippen LogP contribution in [0.5, 0.6) is 5.75 Å². The van der Waals surface area contributed by atoms with Crippen LogP contribution >= 0.6 is 27.5 Å². The molecule has 38 heavy (non-hydrogen) atoms. The number of fused-ring (bicyclic) bond motifs is 1. The van der Waals surface area contributed by atoms with Crippen LogP contribution in [-0.4, -0.2) is 86.4 Å². The van der Waals surface area contributed by atoms with E-state index in [0.717, 1.165) is 0 Å². The van der Waals surface area contributed by atoms with Crippen LogP contribution in [0.2, 0.25) is 5.02 Å². The van der Waals surface area contributed by atoms with Gasteiger partial charge in [-0.15, -0.1) is 0 Å². The second kappa shape index (κ2) is 11.8. The van der Waals surface area contributed by atoms with E-state index in [4.69, 9.17) is 16.3 Å². The van der Waals surface area contributed by atoms with Gasteiger partial charge < -0.3 is 40.3 Å². The maximum Gasteiger partial charge on any atom is 0.422 e. The molecule has 6 N–H and O–H groups in total. The lowest BCUT2D eigenvalue weighted by atomic mass is 9.86. The number of hydrogen-bond acceptors (Lipinski definition) is 10. The molecule has 1 aromatic heterocycles. The number of alkyl halides is 3. The van der Waals surface area contributed by atoms with E-state index >= 15 is 0 Å². The zero-order valence-electron chi connectivity index (χ0n) is 19.8. The molecule has 5 atom stereocenters. The standard InChI is InChI=1S/C23H24BrClF3N3O7/c1-37-16-7-11-15(29-9-30-21(11)31-10-3-4-13(24)14(25)5-10)6-12(16)17(33)18(34)19(35)20(36)22(8-32,38-2)23(26,27)28/h3-7,9,17-20,32-36H,8H2,1-2H3,(H,29,30,31)/t17?,18-,19+,20-,22+/m1/s1. The number of ether oxygens (including phenoxy) is 2. The van der Waals surface area contributed by atoms with Gasteiger partial charge in [0, 0.05) is 28.2 Å². The molecule has 0 fully saturated rings. The molecule has 0 bridgehead atoms. The minimum Gasteiger partial charge on any atom is -0.496 e. The van der Waals surface area contributed by atoms with E-state index in [2.05, 4.69) is 36.0 Å². The van der Waals surface area contributed by atoms with Crippen LogP contribution in [0.3, 0.4) is 0 Å². The summed E-state index contributed by atoms with van der Waals surface area (Å²) in [5.41, 5.74) is -2.96. The first-order chi connectivity index (χ1) is 17.8. The Hall–Kier alpha value is -2.30. The van der Waals surface area contributed by atoms with E-state index in [1.165, 1.54) is 25.6 Å². The molecule has 0 spiro atoms. The van der Waals surface area contributed by atoms with Crippen molar-refractivity contribution in [2.24, 2.45) is 0 Å². The molecule has 3 rings (SSSR count). The van der Waals surface area contributed by atoms with Crippen LogP contribution in [0.4, 0.5) is 24.7 Å². The first-order valence-corrected chi connectivity index (χ1v) is 12.0. The molecule has 1 heterocycles. The number of nitrogens with zero attached hydrogens (tertiary/aromatic N) is 2. The third kappa shape index (κ3) is 5.67. The van der Waals surface area contributed by atoms with Gasteiger partial charge in [0.25, 0.3) is 0 Å². The van der Waals surface area contributed by atoms with Gasteiger partial charge in [-0.1, -0.05) is 11.6 Å². The average Bonchev–Trinajstić information content (AvgIpc) is 2.89. The minimum atomic E-state index is -5.33. The van der Waals surface area contributed by atoms with Gasteiger partial charge in [-0.05, 0) is 46.3 Å². The topological polar surface area (TPSA) is 157 Å². The predicted molar refractivity (Wildman–Crippen MR) is 134 cm³/mol. The lowest BCUT2D eigenvalue weighted by Gasteiger charge is -2.40. The van der Waals surface area contributed by atoms with Crippen molar-refractivity contribution in [3.05, 3.63) is 51.7 Å². The number of halogens is 5. The van der Waals surface area contributed by atoms with Crippen molar-refractivity contribution in [1.29, 1.82) is 0 Å². The molecule has 15 heteroatoms. The number of aliphatic hydroxyl groups is 5. The van der Waals surface area contributed by atoms with Crippen molar-refractivity contribution in [3.63, 3.8) is 0 Å². The van der Waals surface area contributed by atoms with Gasteiger partial charge in [-0.2, -0.15) is 13.2 Å². The lowest BCUT2D eigenvalue weighted by Crippen LogP contribution is -2.64. The number of anilines is 2. The van der Waals surface area contributed by atoms with E-state index in [9.17, 15) is 38.7 Å². The van der Waals surface area contributed by atoms with Crippen molar-refractivity contribution in [2.75, 3.05) is 26.1 Å². The summed E-state index contributed by atoms with van der Waals surface area (Å²) in [4.78, 5) is 8.32. The molecule has 2 aromatic carbocycles. The maximum atomic E-state index is 13.6. The Kier molecular flexibility index (Phi) is 9.42. The van der Waals surface area contributed by atoms with Gasteiger partial charge in [-0.3, -0.25) is 0 Å². The fourth-order valence-corrected chi connectivity index (χ4v) is 4.23. The second-order valence-electron chi connectivity index (χ2n) is 8.21. The first kappa shape index (κ1) is 30.2. The molecule has 0 radical (unpaired) electrons. The van der Waals surface area contributed by atoms with Crippen molar-refractivity contribution in [1.82, 2.24) is 9.97 Å². The Morgan fingerprint density at radius 1 is 1.05 bits per heavy atom. The fraction of sp³-hybridized carbons (Fsp3) is 0.391. The number of hydrogen-bond donors (Lipinski definition) is 6. The lowest BCUT2D eigenvalue weighted by molar-refractivity contribution is -0.324. The summed E-state index contributed by atoms with van der Waals surface area (Å²) in [6, 6.07) is 7.79. The fourth-order valence-electron chi connectivity index (χ4n) is 3.80. The Balaban J connectivity index is 1.98. The highest BCUT2D eigenvalue weighted by atomic mass is 79.9. The normalized spacial score (nSPS) is 16.9. The summed E-state index contributed by atoms with van der Waals surface area (Å²) in [5, 5.41) is 55.2. The molecule has 3 aromatic rings. The van der Waals surface area contributed by atoms with Crippen molar-refractivity contribution in [2.45, 2.75) is 36.2 Å². The molecule has 1 unspecified atom stereocenters. The van der Waals surface area contributed by atoms with Gasteiger partial charge in [0.1, 0.15) is 42.3 Å². The maximum absolute atomic E-state index is 13.6. The number of benzene rings is 2. The second-order valence-corrected chi connectivity index (χ2v) is 9.47. The van der Waals surface area contributed by atoms with Crippen LogP contribution in [0.1, 0.15) is 11.7 Å². The number of aliphatic hydroxyl groups excluding tert-OH is 5. The molecule has 208 valence electrons. The Morgan fingerprint density at radius 2 is 1.74 bits per heavy atom. The predicted octanol–water partition coefficient (Wildman–Crippen LogP) is 2.85. The Bertz CT molecular complexity index is 1280. The van der Waals surface area contributed by atoms with E-state index < -0.39 is 42.8 Å². The van der Waals surface area contributed by atoms with Gasteiger partial charge in [0.15, 0.2) is 0 Å². The van der Waals surface area contributed by atoms with Crippen molar-refractivity contribution < 1.29 is 48.2 Å². The van der Waals surface area contributed by atoms with E-state index in [1.807, 2.05) is 0 Å². The summed E-state index contributed by atoms with van der Waals surface area (Å²) in [7, 11) is 1.81. The van der Waals surface area contributed by atoms with Crippen molar-refractivity contribution >= 4 is 49.9 Å². The monoisotopic (exact) mass is 625 g/mol. The third-order valence-electron chi connectivity index (χ3n) is 6.04. The molecule has 0 aliphatic heterocycles. The highest BCUT2D eigenvalue weighted by molar-refractivity contribution is 9.10. The van der Waals surface area contributed by atoms with Crippen LogP contribution in [0, 0.1) is 0 Å². The van der Waals surface area contributed by atoms with Crippen LogP contribution in [-0.2, 0) is 4.74 Å². The molecule has 10 nitrogen and oxygen atoms in total. The largest absolute Gasteiger partial charge is 0.496 e.